The summed E-state index contributed by atoms with van der Waals surface area (Å²) in [5, 5.41) is 4.99. The van der Waals surface area contributed by atoms with Gasteiger partial charge in [-0.1, -0.05) is 48.5 Å². The number of carbonyl (C=O) groups excluding carboxylic acids is 1. The second-order valence-electron chi connectivity index (χ2n) is 9.90. The third-order valence-corrected chi connectivity index (χ3v) is 8.82. The molecule has 0 spiro atoms. The van der Waals surface area contributed by atoms with E-state index in [1.165, 1.54) is 55.4 Å². The maximum atomic E-state index is 12.4. The highest BCUT2D eigenvalue weighted by molar-refractivity contribution is 7.12. The first-order valence-corrected chi connectivity index (χ1v) is 12.0. The highest BCUT2D eigenvalue weighted by Crippen LogP contribution is 2.66. The largest absolute Gasteiger partial charge is 0.321 e. The Morgan fingerprint density at radius 3 is 2.03 bits per heavy atom. The zero-order chi connectivity index (χ0) is 20.2. The molecule has 1 aromatic heterocycles. The molecule has 1 amide bonds. The lowest BCUT2D eigenvalue weighted by Gasteiger charge is -2.62. The second-order valence-corrected chi connectivity index (χ2v) is 10.8. The van der Waals surface area contributed by atoms with Crippen molar-refractivity contribution in [2.75, 3.05) is 5.32 Å². The molecule has 7 rings (SSSR count). The van der Waals surface area contributed by atoms with E-state index >= 15 is 0 Å². The van der Waals surface area contributed by atoms with Gasteiger partial charge in [0.25, 0.3) is 5.91 Å². The first-order valence-electron chi connectivity index (χ1n) is 11.2. The van der Waals surface area contributed by atoms with Crippen LogP contribution in [0.4, 0.5) is 5.69 Å². The van der Waals surface area contributed by atoms with E-state index in [9.17, 15) is 4.79 Å². The summed E-state index contributed by atoms with van der Waals surface area (Å²) >= 11 is 1.48. The summed E-state index contributed by atoms with van der Waals surface area (Å²) in [7, 11) is 0. The standard InChI is InChI=1S/C27H27NOS/c29-25(24-7-4-12-30-24)28-23-10-8-22(9-11-23)27-16-19-13-20(17-27)15-26(14-19,18-27)21-5-2-1-3-6-21/h1-12,19-20H,13-18H2,(H,28,29)/t19-,20-,26?,27?/m0/s1. The van der Waals surface area contributed by atoms with E-state index in [2.05, 4.69) is 59.9 Å². The van der Waals surface area contributed by atoms with Gasteiger partial charge in [0.05, 0.1) is 4.88 Å². The van der Waals surface area contributed by atoms with Gasteiger partial charge in [0.2, 0.25) is 0 Å². The van der Waals surface area contributed by atoms with Gasteiger partial charge in [0.15, 0.2) is 0 Å². The monoisotopic (exact) mass is 413 g/mol. The maximum Gasteiger partial charge on any atom is 0.265 e. The van der Waals surface area contributed by atoms with Crippen LogP contribution in [0.2, 0.25) is 0 Å². The molecule has 2 aromatic carbocycles. The van der Waals surface area contributed by atoms with Crippen LogP contribution >= 0.6 is 11.3 Å². The number of benzene rings is 2. The van der Waals surface area contributed by atoms with Crippen LogP contribution in [-0.2, 0) is 10.8 Å². The van der Waals surface area contributed by atoms with Gasteiger partial charge < -0.3 is 5.32 Å². The maximum absolute atomic E-state index is 12.4. The number of hydrogen-bond donors (Lipinski definition) is 1. The van der Waals surface area contributed by atoms with Crippen molar-refractivity contribution in [1.82, 2.24) is 0 Å². The fraction of sp³-hybridized carbons (Fsp3) is 0.370. The highest BCUT2D eigenvalue weighted by Gasteiger charge is 2.58. The predicted molar refractivity (Wildman–Crippen MR) is 123 cm³/mol. The summed E-state index contributed by atoms with van der Waals surface area (Å²) in [6.07, 6.45) is 8.09. The minimum absolute atomic E-state index is 0.0180. The fourth-order valence-electron chi connectivity index (χ4n) is 7.24. The Bertz CT molecular complexity index is 1040. The molecule has 0 saturated heterocycles. The van der Waals surface area contributed by atoms with E-state index < -0.39 is 0 Å². The molecule has 30 heavy (non-hydrogen) atoms. The molecule has 4 fully saturated rings. The van der Waals surface area contributed by atoms with Gasteiger partial charge in [-0.15, -0.1) is 11.3 Å². The Balaban J connectivity index is 1.29. The molecule has 4 aliphatic rings. The zero-order valence-electron chi connectivity index (χ0n) is 17.1. The number of thiophene rings is 1. The van der Waals surface area contributed by atoms with Crippen molar-refractivity contribution in [2.45, 2.75) is 49.4 Å². The van der Waals surface area contributed by atoms with Gasteiger partial charge >= 0.3 is 0 Å². The first-order chi connectivity index (χ1) is 14.6. The molecule has 1 heterocycles. The smallest absolute Gasteiger partial charge is 0.265 e. The summed E-state index contributed by atoms with van der Waals surface area (Å²) in [6, 6.07) is 23.9. The van der Waals surface area contributed by atoms with Crippen LogP contribution in [0.15, 0.2) is 72.1 Å². The quantitative estimate of drug-likeness (QED) is 0.501. The van der Waals surface area contributed by atoms with Crippen LogP contribution in [-0.4, -0.2) is 5.91 Å². The summed E-state index contributed by atoms with van der Waals surface area (Å²) < 4.78 is 0. The van der Waals surface area contributed by atoms with Crippen molar-refractivity contribution in [1.29, 1.82) is 0 Å². The van der Waals surface area contributed by atoms with Crippen molar-refractivity contribution in [3.05, 3.63) is 88.1 Å². The van der Waals surface area contributed by atoms with Crippen LogP contribution in [0, 0.1) is 11.8 Å². The zero-order valence-corrected chi connectivity index (χ0v) is 18.0. The van der Waals surface area contributed by atoms with Gasteiger partial charge in [0.1, 0.15) is 0 Å². The third kappa shape index (κ3) is 2.94. The van der Waals surface area contributed by atoms with Gasteiger partial charge in [-0.3, -0.25) is 4.79 Å². The molecule has 0 unspecified atom stereocenters. The molecular formula is C27H27NOS. The van der Waals surface area contributed by atoms with Crippen molar-refractivity contribution >= 4 is 22.9 Å². The molecule has 2 atom stereocenters. The fourth-order valence-corrected chi connectivity index (χ4v) is 7.86. The van der Waals surface area contributed by atoms with Crippen molar-refractivity contribution < 1.29 is 4.79 Å². The number of amides is 1. The Morgan fingerprint density at radius 2 is 1.43 bits per heavy atom. The molecule has 152 valence electrons. The van der Waals surface area contributed by atoms with Crippen molar-refractivity contribution in [3.8, 4) is 0 Å². The molecule has 4 saturated carbocycles. The molecule has 0 radical (unpaired) electrons. The van der Waals surface area contributed by atoms with Crippen LogP contribution in [0.3, 0.4) is 0 Å². The minimum atomic E-state index is -0.0180. The molecular weight excluding hydrogens is 386 g/mol. The second kappa shape index (κ2) is 6.81. The van der Waals surface area contributed by atoms with E-state index in [1.807, 2.05) is 17.5 Å². The van der Waals surface area contributed by atoms with Gasteiger partial charge in [0, 0.05) is 5.69 Å². The molecule has 4 bridgehead atoms. The number of nitrogens with one attached hydrogen (secondary N) is 1. The SMILES string of the molecule is O=C(Nc1ccc(C23C[C@H]4C[C@@H](CC(c5ccccc5)(C4)C2)C3)cc1)c1cccs1. The van der Waals surface area contributed by atoms with Gasteiger partial charge in [-0.05, 0) is 95.9 Å². The van der Waals surface area contributed by atoms with Crippen LogP contribution in [0.25, 0.3) is 0 Å². The number of carbonyl (C=O) groups is 1. The Labute approximate surface area is 182 Å². The summed E-state index contributed by atoms with van der Waals surface area (Å²) in [5.41, 5.74) is 4.59. The van der Waals surface area contributed by atoms with E-state index in [4.69, 9.17) is 0 Å². The minimum Gasteiger partial charge on any atom is -0.321 e. The van der Waals surface area contributed by atoms with E-state index in [0.717, 1.165) is 22.4 Å². The van der Waals surface area contributed by atoms with Crippen molar-refractivity contribution in [3.63, 3.8) is 0 Å². The summed E-state index contributed by atoms with van der Waals surface area (Å²) in [6.45, 7) is 0. The lowest BCUT2D eigenvalue weighted by Crippen LogP contribution is -2.55. The van der Waals surface area contributed by atoms with Crippen molar-refractivity contribution in [2.24, 2.45) is 11.8 Å². The average Bonchev–Trinajstić information content (AvgIpc) is 3.29. The summed E-state index contributed by atoms with van der Waals surface area (Å²) in [5.74, 6) is 1.69. The van der Waals surface area contributed by atoms with Crippen LogP contribution < -0.4 is 5.32 Å². The number of hydrogen-bond acceptors (Lipinski definition) is 2. The van der Waals surface area contributed by atoms with Gasteiger partial charge in [-0.2, -0.15) is 0 Å². The van der Waals surface area contributed by atoms with Crippen LogP contribution in [0.5, 0.6) is 0 Å². The Morgan fingerprint density at radius 1 is 0.800 bits per heavy atom. The number of rotatable bonds is 4. The molecule has 3 aromatic rings. The van der Waals surface area contributed by atoms with E-state index in [1.54, 1.807) is 5.56 Å². The van der Waals surface area contributed by atoms with Gasteiger partial charge in [-0.25, -0.2) is 0 Å². The average molecular weight is 414 g/mol. The van der Waals surface area contributed by atoms with E-state index in [-0.39, 0.29) is 5.91 Å². The molecule has 3 heteroatoms. The molecule has 1 N–H and O–H groups in total. The van der Waals surface area contributed by atoms with Crippen LogP contribution in [0.1, 0.15) is 59.3 Å². The predicted octanol–water partition coefficient (Wildman–Crippen LogP) is 6.79. The normalized spacial score (nSPS) is 31.6. The first kappa shape index (κ1) is 18.4. The third-order valence-electron chi connectivity index (χ3n) is 7.95. The van der Waals surface area contributed by atoms with E-state index in [0.29, 0.717) is 10.8 Å². The molecule has 0 aliphatic heterocycles. The molecule has 4 aliphatic carbocycles. The molecule has 2 nitrogen and oxygen atoms in total. The topological polar surface area (TPSA) is 29.1 Å². The Kier molecular flexibility index (Phi) is 4.18. The number of anilines is 1. The Hall–Kier alpha value is -2.39. The summed E-state index contributed by atoms with van der Waals surface area (Å²) in [4.78, 5) is 13.1. The lowest BCUT2D eigenvalue weighted by atomic mass is 9.42. The lowest BCUT2D eigenvalue weighted by molar-refractivity contribution is -0.0281. The highest BCUT2D eigenvalue weighted by atomic mass is 32.1.